The van der Waals surface area contributed by atoms with E-state index in [4.69, 9.17) is 4.74 Å². The molecule has 0 atom stereocenters. The Morgan fingerprint density at radius 2 is 1.67 bits per heavy atom. The van der Waals surface area contributed by atoms with E-state index in [-0.39, 0.29) is 16.9 Å². The molecule has 24 heavy (non-hydrogen) atoms. The number of benzene rings is 2. The van der Waals surface area contributed by atoms with Crippen molar-refractivity contribution in [1.82, 2.24) is 0 Å². The maximum Gasteiger partial charge on any atom is 0.296 e. The summed E-state index contributed by atoms with van der Waals surface area (Å²) in [5.41, 5.74) is 1.57. The molecular formula is C19H20FNO3. The van der Waals surface area contributed by atoms with E-state index in [1.165, 1.54) is 19.2 Å². The van der Waals surface area contributed by atoms with Crippen LogP contribution in [0.5, 0.6) is 5.75 Å². The standard InChI is InChI=1S/C19H20FNO3/c1-19(2,3)13-7-5-12(6-8-13)17(22)18(23)21-15-10-9-14(20)11-16(15)24-4/h5-11H,1-4H3,(H,21,23). The second-order valence-electron chi connectivity index (χ2n) is 6.46. The van der Waals surface area contributed by atoms with Crippen LogP contribution in [0.4, 0.5) is 10.1 Å². The van der Waals surface area contributed by atoms with Gasteiger partial charge < -0.3 is 10.1 Å². The smallest absolute Gasteiger partial charge is 0.296 e. The number of anilines is 1. The zero-order valence-corrected chi connectivity index (χ0v) is 14.1. The molecule has 0 spiro atoms. The van der Waals surface area contributed by atoms with Crippen molar-refractivity contribution in [2.45, 2.75) is 26.2 Å². The number of halogens is 1. The van der Waals surface area contributed by atoms with Crippen LogP contribution in [-0.2, 0) is 10.2 Å². The van der Waals surface area contributed by atoms with Crippen molar-refractivity contribution in [1.29, 1.82) is 0 Å². The summed E-state index contributed by atoms with van der Waals surface area (Å²) in [6.07, 6.45) is 0. The van der Waals surface area contributed by atoms with Gasteiger partial charge in [0.2, 0.25) is 0 Å². The number of ether oxygens (including phenoxy) is 1. The largest absolute Gasteiger partial charge is 0.494 e. The highest BCUT2D eigenvalue weighted by molar-refractivity contribution is 6.46. The lowest BCUT2D eigenvalue weighted by Gasteiger charge is -2.18. The molecule has 2 aromatic rings. The molecule has 0 unspecified atom stereocenters. The number of methoxy groups -OCH3 is 1. The average Bonchev–Trinajstić information content (AvgIpc) is 2.55. The monoisotopic (exact) mass is 329 g/mol. The van der Waals surface area contributed by atoms with Crippen molar-refractivity contribution >= 4 is 17.4 Å². The van der Waals surface area contributed by atoms with Crippen LogP contribution in [0.3, 0.4) is 0 Å². The Labute approximate surface area is 140 Å². The summed E-state index contributed by atoms with van der Waals surface area (Å²) in [6.45, 7) is 6.20. The summed E-state index contributed by atoms with van der Waals surface area (Å²) in [4.78, 5) is 24.4. The van der Waals surface area contributed by atoms with E-state index in [1.54, 1.807) is 12.1 Å². The minimum absolute atomic E-state index is 0.0364. The Kier molecular flexibility index (Phi) is 5.02. The third-order valence-corrected chi connectivity index (χ3v) is 3.63. The summed E-state index contributed by atoms with van der Waals surface area (Å²) in [5.74, 6) is -1.81. The second-order valence-corrected chi connectivity index (χ2v) is 6.46. The second kappa shape index (κ2) is 6.83. The van der Waals surface area contributed by atoms with Crippen molar-refractivity contribution in [2.24, 2.45) is 0 Å². The first-order chi connectivity index (χ1) is 11.2. The summed E-state index contributed by atoms with van der Waals surface area (Å²) in [6, 6.07) is 10.6. The van der Waals surface area contributed by atoms with E-state index in [2.05, 4.69) is 26.1 Å². The molecule has 0 radical (unpaired) electrons. The van der Waals surface area contributed by atoms with E-state index in [0.717, 1.165) is 11.6 Å². The van der Waals surface area contributed by atoms with Gasteiger partial charge in [-0.05, 0) is 23.1 Å². The third kappa shape index (κ3) is 3.98. The van der Waals surface area contributed by atoms with E-state index in [1.807, 2.05) is 12.1 Å². The van der Waals surface area contributed by atoms with Gasteiger partial charge in [0.05, 0.1) is 12.8 Å². The van der Waals surface area contributed by atoms with Crippen LogP contribution < -0.4 is 10.1 Å². The van der Waals surface area contributed by atoms with Gasteiger partial charge in [0.1, 0.15) is 11.6 Å². The fourth-order valence-corrected chi connectivity index (χ4v) is 2.20. The van der Waals surface area contributed by atoms with Gasteiger partial charge in [-0.1, -0.05) is 45.0 Å². The molecule has 2 aromatic carbocycles. The van der Waals surface area contributed by atoms with Crippen LogP contribution in [0.1, 0.15) is 36.7 Å². The highest BCUT2D eigenvalue weighted by atomic mass is 19.1. The van der Waals surface area contributed by atoms with Gasteiger partial charge in [0.15, 0.2) is 0 Å². The number of rotatable bonds is 4. The lowest BCUT2D eigenvalue weighted by atomic mass is 9.86. The molecule has 4 nitrogen and oxygen atoms in total. The number of carbonyl (C=O) groups excluding carboxylic acids is 2. The predicted molar refractivity (Wildman–Crippen MR) is 91.1 cm³/mol. The lowest BCUT2D eigenvalue weighted by Crippen LogP contribution is -2.23. The fourth-order valence-electron chi connectivity index (χ4n) is 2.20. The van der Waals surface area contributed by atoms with Crippen LogP contribution in [0, 0.1) is 5.82 Å². The molecule has 1 N–H and O–H groups in total. The Morgan fingerprint density at radius 1 is 1.04 bits per heavy atom. The first-order valence-corrected chi connectivity index (χ1v) is 7.52. The zero-order chi connectivity index (χ0) is 17.9. The molecule has 0 aliphatic heterocycles. The molecule has 1 amide bonds. The van der Waals surface area contributed by atoms with Crippen LogP contribution in [0.15, 0.2) is 42.5 Å². The van der Waals surface area contributed by atoms with Crippen molar-refractivity contribution < 1.29 is 18.7 Å². The average molecular weight is 329 g/mol. The highest BCUT2D eigenvalue weighted by Crippen LogP contribution is 2.25. The van der Waals surface area contributed by atoms with Gasteiger partial charge >= 0.3 is 0 Å². The fraction of sp³-hybridized carbons (Fsp3) is 0.263. The van der Waals surface area contributed by atoms with Gasteiger partial charge in [-0.15, -0.1) is 0 Å². The van der Waals surface area contributed by atoms with Gasteiger partial charge in [-0.25, -0.2) is 4.39 Å². The molecule has 0 aliphatic rings. The van der Waals surface area contributed by atoms with E-state index in [9.17, 15) is 14.0 Å². The molecule has 0 heterocycles. The Bertz CT molecular complexity index is 761. The molecule has 0 fully saturated rings. The number of hydrogen-bond donors (Lipinski definition) is 1. The van der Waals surface area contributed by atoms with E-state index >= 15 is 0 Å². The Morgan fingerprint density at radius 3 is 2.21 bits per heavy atom. The molecule has 126 valence electrons. The molecular weight excluding hydrogens is 309 g/mol. The van der Waals surface area contributed by atoms with E-state index < -0.39 is 17.5 Å². The van der Waals surface area contributed by atoms with Crippen LogP contribution >= 0.6 is 0 Å². The minimum atomic E-state index is -0.802. The maximum atomic E-state index is 13.2. The number of Topliss-reactive ketones (excluding diaryl/α,β-unsaturated/α-hetero) is 1. The van der Waals surface area contributed by atoms with Crippen molar-refractivity contribution in [3.8, 4) is 5.75 Å². The van der Waals surface area contributed by atoms with Crippen LogP contribution in [0.25, 0.3) is 0 Å². The van der Waals surface area contributed by atoms with Crippen molar-refractivity contribution in [2.75, 3.05) is 12.4 Å². The molecule has 5 heteroatoms. The minimum Gasteiger partial charge on any atom is -0.494 e. The van der Waals surface area contributed by atoms with Crippen molar-refractivity contribution in [3.63, 3.8) is 0 Å². The number of nitrogens with one attached hydrogen (secondary N) is 1. The summed E-state index contributed by atoms with van der Waals surface area (Å²) in [7, 11) is 1.36. The first kappa shape index (κ1) is 17.7. The topological polar surface area (TPSA) is 55.4 Å². The number of ketones is 1. The Hall–Kier alpha value is -2.69. The molecule has 0 saturated carbocycles. The quantitative estimate of drug-likeness (QED) is 0.682. The van der Waals surface area contributed by atoms with Crippen LogP contribution in [-0.4, -0.2) is 18.8 Å². The number of amides is 1. The SMILES string of the molecule is COc1cc(F)ccc1NC(=O)C(=O)c1ccc(C(C)(C)C)cc1. The van der Waals surface area contributed by atoms with Gasteiger partial charge in [0.25, 0.3) is 11.7 Å². The van der Waals surface area contributed by atoms with Gasteiger partial charge in [0, 0.05) is 11.6 Å². The molecule has 0 bridgehead atoms. The molecule has 0 aliphatic carbocycles. The van der Waals surface area contributed by atoms with Gasteiger partial charge in [-0.3, -0.25) is 9.59 Å². The Balaban J connectivity index is 2.17. The third-order valence-electron chi connectivity index (χ3n) is 3.63. The highest BCUT2D eigenvalue weighted by Gasteiger charge is 2.19. The molecule has 0 aromatic heterocycles. The predicted octanol–water partition coefficient (Wildman–Crippen LogP) is 3.95. The maximum absolute atomic E-state index is 13.2. The zero-order valence-electron chi connectivity index (χ0n) is 14.1. The van der Waals surface area contributed by atoms with Crippen molar-refractivity contribution in [3.05, 3.63) is 59.4 Å². The summed E-state index contributed by atoms with van der Waals surface area (Å²) < 4.78 is 18.2. The normalized spacial score (nSPS) is 11.0. The summed E-state index contributed by atoms with van der Waals surface area (Å²) >= 11 is 0. The molecule has 2 rings (SSSR count). The molecule has 0 saturated heterocycles. The summed E-state index contributed by atoms with van der Waals surface area (Å²) in [5, 5.41) is 2.45. The van der Waals surface area contributed by atoms with Crippen LogP contribution in [0.2, 0.25) is 0 Å². The number of carbonyl (C=O) groups is 2. The van der Waals surface area contributed by atoms with E-state index in [0.29, 0.717) is 5.56 Å². The first-order valence-electron chi connectivity index (χ1n) is 7.52. The number of hydrogen-bond acceptors (Lipinski definition) is 3. The lowest BCUT2D eigenvalue weighted by molar-refractivity contribution is -0.112. The van der Waals surface area contributed by atoms with Gasteiger partial charge in [-0.2, -0.15) is 0 Å².